The second kappa shape index (κ2) is 7.26. The number of ether oxygens (including phenoxy) is 2. The van der Waals surface area contributed by atoms with Crippen LogP contribution < -0.4 is 0 Å². The molecule has 146 valence electrons. The van der Waals surface area contributed by atoms with E-state index in [4.69, 9.17) is 14.5 Å². The smallest absolute Gasteiger partial charge is 0.251 e. The summed E-state index contributed by atoms with van der Waals surface area (Å²) in [5, 5.41) is 0. The van der Waals surface area contributed by atoms with E-state index in [0.29, 0.717) is 26.3 Å². The van der Waals surface area contributed by atoms with E-state index in [1.807, 2.05) is 41.4 Å². The predicted molar refractivity (Wildman–Crippen MR) is 104 cm³/mol. The van der Waals surface area contributed by atoms with Crippen LogP contribution in [-0.2, 0) is 26.3 Å². The van der Waals surface area contributed by atoms with Gasteiger partial charge >= 0.3 is 0 Å². The average molecular weight is 379 g/mol. The van der Waals surface area contributed by atoms with Crippen molar-refractivity contribution in [2.24, 2.45) is 0 Å². The van der Waals surface area contributed by atoms with Crippen LogP contribution >= 0.6 is 0 Å². The van der Waals surface area contributed by atoms with Gasteiger partial charge in [0.2, 0.25) is 0 Å². The van der Waals surface area contributed by atoms with Crippen LogP contribution in [0.2, 0.25) is 0 Å². The first-order chi connectivity index (χ1) is 13.8. The van der Waals surface area contributed by atoms with Gasteiger partial charge in [0, 0.05) is 31.5 Å². The van der Waals surface area contributed by atoms with Gasteiger partial charge in [0.1, 0.15) is 11.7 Å². The molecule has 0 bridgehead atoms. The van der Waals surface area contributed by atoms with Crippen LogP contribution in [-0.4, -0.2) is 53.2 Å². The van der Waals surface area contributed by atoms with E-state index in [2.05, 4.69) is 4.98 Å². The highest BCUT2D eigenvalue weighted by atomic mass is 16.5. The molecule has 0 aliphatic carbocycles. The van der Waals surface area contributed by atoms with Crippen molar-refractivity contribution in [2.45, 2.75) is 43.8 Å². The molecule has 6 nitrogen and oxygen atoms in total. The summed E-state index contributed by atoms with van der Waals surface area (Å²) in [5.41, 5.74) is 2.78. The first kappa shape index (κ1) is 17.8. The van der Waals surface area contributed by atoms with Crippen molar-refractivity contribution in [3.63, 3.8) is 0 Å². The maximum atomic E-state index is 12.7. The molecule has 1 aromatic heterocycles. The molecule has 0 saturated carbocycles. The van der Waals surface area contributed by atoms with Gasteiger partial charge in [-0.15, -0.1) is 0 Å². The highest BCUT2D eigenvalue weighted by molar-refractivity contribution is 5.81. The minimum absolute atomic E-state index is 0.135. The van der Waals surface area contributed by atoms with Gasteiger partial charge in [-0.2, -0.15) is 0 Å². The SMILES string of the molecule is O=C([C@@H]1CCCO1)N1CCC2(CC1)OCCc1cnc(-c3ccccc3)nc12. The quantitative estimate of drug-likeness (QED) is 0.803. The molecular formula is C22H25N3O3. The number of aromatic nitrogens is 2. The molecule has 28 heavy (non-hydrogen) atoms. The number of nitrogens with zero attached hydrogens (tertiary/aromatic N) is 3. The van der Waals surface area contributed by atoms with E-state index in [1.165, 1.54) is 5.56 Å². The van der Waals surface area contributed by atoms with E-state index >= 15 is 0 Å². The molecule has 1 spiro atoms. The van der Waals surface area contributed by atoms with Crippen molar-refractivity contribution in [3.05, 3.63) is 47.8 Å². The molecular weight excluding hydrogens is 354 g/mol. The van der Waals surface area contributed by atoms with Crippen molar-refractivity contribution in [1.82, 2.24) is 14.9 Å². The molecule has 0 unspecified atom stereocenters. The first-order valence-corrected chi connectivity index (χ1v) is 10.2. The normalized spacial score (nSPS) is 23.6. The lowest BCUT2D eigenvalue weighted by atomic mass is 9.83. The Morgan fingerprint density at radius 2 is 1.96 bits per heavy atom. The van der Waals surface area contributed by atoms with Gasteiger partial charge in [-0.05, 0) is 37.7 Å². The number of hydrogen-bond donors (Lipinski definition) is 0. The van der Waals surface area contributed by atoms with Gasteiger partial charge in [-0.25, -0.2) is 9.97 Å². The number of hydrogen-bond acceptors (Lipinski definition) is 5. The number of carbonyl (C=O) groups is 1. The first-order valence-electron chi connectivity index (χ1n) is 10.2. The summed E-state index contributed by atoms with van der Waals surface area (Å²) >= 11 is 0. The lowest BCUT2D eigenvalue weighted by Gasteiger charge is -2.44. The van der Waals surface area contributed by atoms with E-state index in [1.54, 1.807) is 0 Å². The van der Waals surface area contributed by atoms with Crippen LogP contribution in [0.3, 0.4) is 0 Å². The number of carbonyl (C=O) groups excluding carboxylic acids is 1. The Morgan fingerprint density at radius 3 is 2.71 bits per heavy atom. The number of rotatable bonds is 2. The van der Waals surface area contributed by atoms with Crippen molar-refractivity contribution in [1.29, 1.82) is 0 Å². The number of amides is 1. The molecule has 6 heteroatoms. The summed E-state index contributed by atoms with van der Waals surface area (Å²) in [6.07, 6.45) is 5.90. The third-order valence-corrected chi connectivity index (χ3v) is 6.17. The third kappa shape index (κ3) is 3.10. The van der Waals surface area contributed by atoms with E-state index in [0.717, 1.165) is 49.2 Å². The lowest BCUT2D eigenvalue weighted by Crippen LogP contribution is -2.51. The molecule has 0 radical (unpaired) electrons. The van der Waals surface area contributed by atoms with Crippen molar-refractivity contribution in [3.8, 4) is 11.4 Å². The average Bonchev–Trinajstić information content (AvgIpc) is 3.30. The van der Waals surface area contributed by atoms with Crippen LogP contribution in [0.5, 0.6) is 0 Å². The molecule has 1 aromatic carbocycles. The molecule has 3 aliphatic rings. The second-order valence-electron chi connectivity index (χ2n) is 7.85. The molecule has 3 aliphatic heterocycles. The number of likely N-dealkylation sites (tertiary alicyclic amines) is 1. The fraction of sp³-hybridized carbons (Fsp3) is 0.500. The Hall–Kier alpha value is -2.31. The topological polar surface area (TPSA) is 64.5 Å². The molecule has 2 fully saturated rings. The summed E-state index contributed by atoms with van der Waals surface area (Å²) in [4.78, 5) is 24.2. The van der Waals surface area contributed by atoms with E-state index < -0.39 is 5.60 Å². The number of fused-ring (bicyclic) bond motifs is 2. The Labute approximate surface area is 164 Å². The monoisotopic (exact) mass is 379 g/mol. The molecule has 5 rings (SSSR count). The van der Waals surface area contributed by atoms with Gasteiger partial charge in [0.25, 0.3) is 5.91 Å². The zero-order valence-electron chi connectivity index (χ0n) is 16.0. The van der Waals surface area contributed by atoms with Gasteiger partial charge < -0.3 is 14.4 Å². The minimum Gasteiger partial charge on any atom is -0.368 e. The summed E-state index contributed by atoms with van der Waals surface area (Å²) in [6, 6.07) is 10.1. The summed E-state index contributed by atoms with van der Waals surface area (Å²) in [6.45, 7) is 2.75. The minimum atomic E-state index is -0.409. The van der Waals surface area contributed by atoms with Crippen LogP contribution in [0.25, 0.3) is 11.4 Å². The Bertz CT molecular complexity index is 857. The van der Waals surface area contributed by atoms with Crippen LogP contribution in [0.15, 0.2) is 36.5 Å². The van der Waals surface area contributed by atoms with E-state index in [9.17, 15) is 4.79 Å². The van der Waals surface area contributed by atoms with Gasteiger partial charge in [-0.1, -0.05) is 30.3 Å². The molecule has 0 N–H and O–H groups in total. The number of piperidine rings is 1. The third-order valence-electron chi connectivity index (χ3n) is 6.17. The maximum Gasteiger partial charge on any atom is 0.251 e. The van der Waals surface area contributed by atoms with Crippen LogP contribution in [0, 0.1) is 0 Å². The predicted octanol–water partition coefficient (Wildman–Crippen LogP) is 2.71. The summed E-state index contributed by atoms with van der Waals surface area (Å²) in [7, 11) is 0. The maximum absolute atomic E-state index is 12.7. The fourth-order valence-electron chi connectivity index (χ4n) is 4.58. The highest BCUT2D eigenvalue weighted by Gasteiger charge is 2.44. The van der Waals surface area contributed by atoms with Gasteiger partial charge in [0.05, 0.1) is 12.3 Å². The van der Waals surface area contributed by atoms with Crippen molar-refractivity contribution in [2.75, 3.05) is 26.3 Å². The van der Waals surface area contributed by atoms with Crippen LogP contribution in [0.4, 0.5) is 0 Å². The molecule has 4 heterocycles. The zero-order valence-corrected chi connectivity index (χ0v) is 16.0. The zero-order chi connectivity index (χ0) is 19.0. The fourth-order valence-corrected chi connectivity index (χ4v) is 4.58. The molecule has 2 saturated heterocycles. The standard InChI is InChI=1S/C22H25N3O3/c26-21(18-7-4-13-27-18)25-11-9-22(10-12-25)19-17(8-14-28-22)15-23-20(24-19)16-5-2-1-3-6-16/h1-3,5-6,15,18H,4,7-14H2/t18-/m0/s1. The Balaban J connectivity index is 1.39. The summed E-state index contributed by atoms with van der Waals surface area (Å²) in [5.74, 6) is 0.873. The van der Waals surface area contributed by atoms with Gasteiger partial charge in [-0.3, -0.25) is 4.79 Å². The Kier molecular flexibility index (Phi) is 4.61. The molecule has 1 amide bonds. The summed E-state index contributed by atoms with van der Waals surface area (Å²) < 4.78 is 11.9. The van der Waals surface area contributed by atoms with Crippen LogP contribution in [0.1, 0.15) is 36.9 Å². The van der Waals surface area contributed by atoms with Crippen molar-refractivity contribution < 1.29 is 14.3 Å². The lowest BCUT2D eigenvalue weighted by molar-refractivity contribution is -0.150. The molecule has 2 aromatic rings. The number of benzene rings is 1. The van der Waals surface area contributed by atoms with Gasteiger partial charge in [0.15, 0.2) is 5.82 Å². The highest BCUT2D eigenvalue weighted by Crippen LogP contribution is 2.41. The van der Waals surface area contributed by atoms with Crippen molar-refractivity contribution >= 4 is 5.91 Å². The Morgan fingerprint density at radius 1 is 1.14 bits per heavy atom. The largest absolute Gasteiger partial charge is 0.368 e. The second-order valence-corrected chi connectivity index (χ2v) is 7.85. The van der Waals surface area contributed by atoms with E-state index in [-0.39, 0.29) is 12.0 Å². The molecule has 1 atom stereocenters.